The van der Waals surface area contributed by atoms with Crippen molar-refractivity contribution in [3.63, 3.8) is 0 Å². The maximum Gasteiger partial charge on any atom is 0.261 e. The van der Waals surface area contributed by atoms with Crippen molar-refractivity contribution in [2.45, 2.75) is 12.8 Å². The van der Waals surface area contributed by atoms with Crippen molar-refractivity contribution in [2.75, 3.05) is 11.9 Å². The lowest BCUT2D eigenvalue weighted by Gasteiger charge is -2.13. The molecule has 31 heavy (non-hydrogen) atoms. The predicted molar refractivity (Wildman–Crippen MR) is 116 cm³/mol. The highest BCUT2D eigenvalue weighted by Gasteiger charge is 2.34. The Labute approximate surface area is 179 Å². The van der Waals surface area contributed by atoms with Gasteiger partial charge in [0.1, 0.15) is 0 Å². The van der Waals surface area contributed by atoms with Crippen LogP contribution in [0.15, 0.2) is 78.9 Å². The first-order chi connectivity index (χ1) is 15.0. The smallest absolute Gasteiger partial charge is 0.261 e. The quantitative estimate of drug-likeness (QED) is 0.471. The van der Waals surface area contributed by atoms with Crippen LogP contribution >= 0.6 is 0 Å². The van der Waals surface area contributed by atoms with Crippen LogP contribution in [0.3, 0.4) is 0 Å². The van der Waals surface area contributed by atoms with Crippen LogP contribution in [-0.2, 0) is 4.79 Å². The number of benzene rings is 3. The van der Waals surface area contributed by atoms with Crippen molar-refractivity contribution in [1.29, 1.82) is 0 Å². The first kappa shape index (κ1) is 20.2. The highest BCUT2D eigenvalue weighted by atomic mass is 16.2. The zero-order valence-electron chi connectivity index (χ0n) is 16.7. The first-order valence-corrected chi connectivity index (χ1v) is 9.99. The van der Waals surface area contributed by atoms with E-state index >= 15 is 0 Å². The van der Waals surface area contributed by atoms with Gasteiger partial charge in [0, 0.05) is 29.8 Å². The number of carbonyl (C=O) groups is 4. The fraction of sp³-hybridized carbons (Fsp3) is 0.120. The molecule has 0 fully saturated rings. The second-order valence-electron chi connectivity index (χ2n) is 7.24. The van der Waals surface area contributed by atoms with Gasteiger partial charge in [0.15, 0.2) is 5.78 Å². The molecule has 3 aromatic carbocycles. The lowest BCUT2D eigenvalue weighted by molar-refractivity contribution is -0.116. The molecule has 0 aliphatic carbocycles. The van der Waals surface area contributed by atoms with Crippen LogP contribution in [0.2, 0.25) is 0 Å². The second kappa shape index (κ2) is 8.75. The van der Waals surface area contributed by atoms with Crippen molar-refractivity contribution in [1.82, 2.24) is 4.90 Å². The normalized spacial score (nSPS) is 12.6. The standard InChI is InChI=1S/C25H20N2O4/c28-22(14-7-15-27-24(30)20-12-4-5-13-21(20)25(27)31)26-19-11-6-10-18(16-19)23(29)17-8-2-1-3-9-17/h1-6,8-13,16H,7,14-15H2,(H,26,28). The Hall–Kier alpha value is -4.06. The Bertz CT molecular complexity index is 1140. The maximum absolute atomic E-state index is 12.6. The Kier molecular flexibility index (Phi) is 5.71. The Balaban J connectivity index is 1.32. The molecular formula is C25H20N2O4. The van der Waals surface area contributed by atoms with Gasteiger partial charge in [-0.2, -0.15) is 0 Å². The monoisotopic (exact) mass is 412 g/mol. The Morgan fingerprint density at radius 2 is 1.35 bits per heavy atom. The fourth-order valence-corrected chi connectivity index (χ4v) is 3.56. The number of ketones is 1. The average Bonchev–Trinajstić information content (AvgIpc) is 3.04. The van der Waals surface area contributed by atoms with Gasteiger partial charge in [0.25, 0.3) is 11.8 Å². The van der Waals surface area contributed by atoms with E-state index in [4.69, 9.17) is 0 Å². The molecule has 1 aliphatic heterocycles. The van der Waals surface area contributed by atoms with Crippen molar-refractivity contribution in [3.05, 3.63) is 101 Å². The summed E-state index contributed by atoms with van der Waals surface area (Å²) in [5.41, 5.74) is 2.38. The van der Waals surface area contributed by atoms with Gasteiger partial charge in [-0.3, -0.25) is 24.1 Å². The number of nitrogens with one attached hydrogen (secondary N) is 1. The maximum atomic E-state index is 12.6. The molecule has 4 rings (SSSR count). The molecular weight excluding hydrogens is 392 g/mol. The van der Waals surface area contributed by atoms with Gasteiger partial charge in [0.05, 0.1) is 11.1 Å². The molecule has 1 heterocycles. The number of nitrogens with zero attached hydrogens (tertiary/aromatic N) is 1. The topological polar surface area (TPSA) is 83.6 Å². The van der Waals surface area contributed by atoms with Crippen LogP contribution in [-0.4, -0.2) is 34.9 Å². The van der Waals surface area contributed by atoms with Crippen LogP contribution in [0.5, 0.6) is 0 Å². The third-order valence-electron chi connectivity index (χ3n) is 5.11. The summed E-state index contributed by atoms with van der Waals surface area (Å²) in [6.07, 6.45) is 0.490. The molecule has 0 aromatic heterocycles. The summed E-state index contributed by atoms with van der Waals surface area (Å²) in [7, 11) is 0. The molecule has 1 N–H and O–H groups in total. The molecule has 3 amide bonds. The summed E-state index contributed by atoms with van der Waals surface area (Å²) in [5.74, 6) is -1.02. The highest BCUT2D eigenvalue weighted by molar-refractivity contribution is 6.21. The summed E-state index contributed by atoms with van der Waals surface area (Å²) in [4.78, 5) is 50.8. The molecule has 0 spiro atoms. The number of hydrogen-bond donors (Lipinski definition) is 1. The van der Waals surface area contributed by atoms with Gasteiger partial charge in [-0.05, 0) is 30.7 Å². The number of imide groups is 1. The van der Waals surface area contributed by atoms with E-state index < -0.39 is 0 Å². The van der Waals surface area contributed by atoms with Gasteiger partial charge in [-0.15, -0.1) is 0 Å². The van der Waals surface area contributed by atoms with Gasteiger partial charge in [-0.25, -0.2) is 0 Å². The van der Waals surface area contributed by atoms with Crippen molar-refractivity contribution in [2.24, 2.45) is 0 Å². The molecule has 0 atom stereocenters. The number of carbonyl (C=O) groups excluding carboxylic acids is 4. The van der Waals surface area contributed by atoms with Crippen LogP contribution < -0.4 is 5.32 Å². The number of hydrogen-bond acceptors (Lipinski definition) is 4. The SMILES string of the molecule is O=C(CCCN1C(=O)c2ccccc2C1=O)Nc1cccc(C(=O)c2ccccc2)c1. The van der Waals surface area contributed by atoms with Crippen LogP contribution in [0, 0.1) is 0 Å². The number of anilines is 1. The second-order valence-corrected chi connectivity index (χ2v) is 7.24. The number of fused-ring (bicyclic) bond motifs is 1. The van der Waals surface area contributed by atoms with E-state index in [9.17, 15) is 19.2 Å². The van der Waals surface area contributed by atoms with Crippen molar-refractivity contribution in [3.8, 4) is 0 Å². The number of amides is 3. The minimum Gasteiger partial charge on any atom is -0.326 e. The van der Waals surface area contributed by atoms with Gasteiger partial charge >= 0.3 is 0 Å². The predicted octanol–water partition coefficient (Wildman–Crippen LogP) is 3.93. The third-order valence-corrected chi connectivity index (χ3v) is 5.11. The molecule has 154 valence electrons. The van der Waals surface area contributed by atoms with Crippen LogP contribution in [0.25, 0.3) is 0 Å². The minimum absolute atomic E-state index is 0.123. The minimum atomic E-state index is -0.326. The van der Waals surface area contributed by atoms with E-state index in [1.165, 1.54) is 4.90 Å². The fourth-order valence-electron chi connectivity index (χ4n) is 3.56. The van der Waals surface area contributed by atoms with Crippen molar-refractivity contribution < 1.29 is 19.2 Å². The molecule has 0 radical (unpaired) electrons. The summed E-state index contributed by atoms with van der Waals surface area (Å²) in [6, 6.07) is 22.4. The molecule has 6 heteroatoms. The molecule has 6 nitrogen and oxygen atoms in total. The van der Waals surface area contributed by atoms with Gasteiger partial charge in [-0.1, -0.05) is 54.6 Å². The van der Waals surface area contributed by atoms with Crippen LogP contribution in [0.1, 0.15) is 49.5 Å². The molecule has 0 unspecified atom stereocenters. The molecule has 0 saturated carbocycles. The summed E-state index contributed by atoms with van der Waals surface area (Å²) >= 11 is 0. The zero-order valence-corrected chi connectivity index (χ0v) is 16.7. The Morgan fingerprint density at radius 3 is 2.03 bits per heavy atom. The third kappa shape index (κ3) is 4.28. The summed E-state index contributed by atoms with van der Waals surface area (Å²) < 4.78 is 0. The first-order valence-electron chi connectivity index (χ1n) is 9.99. The Morgan fingerprint density at radius 1 is 0.742 bits per heavy atom. The van der Waals surface area contributed by atoms with E-state index in [1.54, 1.807) is 72.8 Å². The number of rotatable bonds is 7. The van der Waals surface area contributed by atoms with Gasteiger partial charge < -0.3 is 5.32 Å². The zero-order chi connectivity index (χ0) is 21.8. The van der Waals surface area contributed by atoms with Gasteiger partial charge in [0.2, 0.25) is 5.91 Å². The van der Waals surface area contributed by atoms with E-state index in [0.717, 1.165) is 0 Å². The van der Waals surface area contributed by atoms with E-state index in [1.807, 2.05) is 6.07 Å². The molecule has 3 aromatic rings. The lowest BCUT2D eigenvalue weighted by atomic mass is 10.0. The molecule has 0 saturated heterocycles. The van der Waals surface area contributed by atoms with E-state index in [0.29, 0.717) is 34.4 Å². The lowest BCUT2D eigenvalue weighted by Crippen LogP contribution is -2.31. The van der Waals surface area contributed by atoms with Crippen LogP contribution in [0.4, 0.5) is 5.69 Å². The highest BCUT2D eigenvalue weighted by Crippen LogP contribution is 2.23. The van der Waals surface area contributed by atoms with E-state index in [2.05, 4.69) is 5.32 Å². The van der Waals surface area contributed by atoms with Crippen molar-refractivity contribution >= 4 is 29.2 Å². The largest absolute Gasteiger partial charge is 0.326 e. The average molecular weight is 412 g/mol. The summed E-state index contributed by atoms with van der Waals surface area (Å²) in [6.45, 7) is 0.173. The molecule has 0 bridgehead atoms. The molecule has 1 aliphatic rings. The summed E-state index contributed by atoms with van der Waals surface area (Å²) in [5, 5.41) is 2.77. The van der Waals surface area contributed by atoms with E-state index in [-0.39, 0.29) is 36.5 Å².